The third-order valence-corrected chi connectivity index (χ3v) is 6.06. The average molecular weight is 415 g/mol. The number of amides is 1. The number of carbonyl (C=O) groups is 1. The van der Waals surface area contributed by atoms with Gasteiger partial charge in [-0.3, -0.25) is 0 Å². The van der Waals surface area contributed by atoms with Crippen LogP contribution in [0.2, 0.25) is 0 Å². The van der Waals surface area contributed by atoms with Crippen molar-refractivity contribution in [3.05, 3.63) is 40.8 Å². The summed E-state index contributed by atoms with van der Waals surface area (Å²) in [5.41, 5.74) is 2.00. The number of nitrogens with zero attached hydrogens (tertiary/aromatic N) is 4. The van der Waals surface area contributed by atoms with Gasteiger partial charge in [-0.05, 0) is 38.5 Å². The molecule has 4 rings (SSSR count). The minimum Gasteiger partial charge on any atom is -0.450 e. The zero-order valence-corrected chi connectivity index (χ0v) is 17.6. The first-order chi connectivity index (χ1) is 14.0. The van der Waals surface area contributed by atoms with Crippen LogP contribution < -0.4 is 4.90 Å². The Morgan fingerprint density at radius 3 is 2.48 bits per heavy atom. The number of anilines is 1. The molecule has 0 atom stereocenters. The number of fused-ring (bicyclic) bond motifs is 1. The summed E-state index contributed by atoms with van der Waals surface area (Å²) >= 11 is 1.63. The normalized spacial score (nSPS) is 14.5. The quantitative estimate of drug-likeness (QED) is 0.636. The maximum Gasteiger partial charge on any atom is 0.409 e. The van der Waals surface area contributed by atoms with Gasteiger partial charge in [-0.2, -0.15) is 0 Å². The fourth-order valence-corrected chi connectivity index (χ4v) is 4.79. The van der Waals surface area contributed by atoms with E-state index in [1.165, 1.54) is 12.1 Å². The van der Waals surface area contributed by atoms with Crippen molar-refractivity contribution in [1.82, 2.24) is 14.9 Å². The molecule has 1 saturated heterocycles. The smallest absolute Gasteiger partial charge is 0.409 e. The molecule has 0 aliphatic carbocycles. The summed E-state index contributed by atoms with van der Waals surface area (Å²) in [5.74, 6) is 1.33. The van der Waals surface area contributed by atoms with Gasteiger partial charge in [-0.25, -0.2) is 19.2 Å². The Balaban J connectivity index is 1.73. The van der Waals surface area contributed by atoms with Crippen LogP contribution in [0.4, 0.5) is 15.0 Å². The lowest BCUT2D eigenvalue weighted by atomic mass is 10.0. The zero-order valence-electron chi connectivity index (χ0n) is 16.7. The second-order valence-electron chi connectivity index (χ2n) is 6.99. The van der Waals surface area contributed by atoms with Crippen molar-refractivity contribution < 1.29 is 13.9 Å². The molecule has 6 nitrogen and oxygen atoms in total. The molecule has 1 amide bonds. The number of carbonyl (C=O) groups excluding carboxylic acids is 1. The summed E-state index contributed by atoms with van der Waals surface area (Å²) < 4.78 is 18.6. The van der Waals surface area contributed by atoms with Crippen molar-refractivity contribution in [3.8, 4) is 11.1 Å². The van der Waals surface area contributed by atoms with Crippen molar-refractivity contribution in [3.63, 3.8) is 0 Å². The van der Waals surface area contributed by atoms with E-state index in [1.54, 1.807) is 28.4 Å². The predicted octanol–water partition coefficient (Wildman–Crippen LogP) is 4.39. The highest BCUT2D eigenvalue weighted by atomic mass is 32.1. The van der Waals surface area contributed by atoms with E-state index >= 15 is 0 Å². The first-order valence-electron chi connectivity index (χ1n) is 9.68. The van der Waals surface area contributed by atoms with Crippen LogP contribution in [0.15, 0.2) is 24.3 Å². The number of benzene rings is 1. The molecule has 0 N–H and O–H groups in total. The van der Waals surface area contributed by atoms with Gasteiger partial charge < -0.3 is 14.5 Å². The summed E-state index contributed by atoms with van der Waals surface area (Å²) in [6.07, 6.45) is -0.269. The van der Waals surface area contributed by atoms with E-state index in [2.05, 4.69) is 16.8 Å². The minimum absolute atomic E-state index is 0.256. The summed E-state index contributed by atoms with van der Waals surface area (Å²) in [7, 11) is 0. The number of ether oxygens (including phenoxy) is 1. The van der Waals surface area contributed by atoms with Gasteiger partial charge in [0.25, 0.3) is 0 Å². The van der Waals surface area contributed by atoms with Crippen LogP contribution in [0.1, 0.15) is 17.6 Å². The van der Waals surface area contributed by atoms with Gasteiger partial charge in [0, 0.05) is 36.6 Å². The van der Waals surface area contributed by atoms with Crippen LogP contribution in [0.25, 0.3) is 21.3 Å². The summed E-state index contributed by atoms with van der Waals surface area (Å²) in [6, 6.07) is 6.55. The van der Waals surface area contributed by atoms with E-state index in [9.17, 15) is 9.18 Å². The first-order valence-corrected chi connectivity index (χ1v) is 10.5. The molecule has 1 aliphatic rings. The van der Waals surface area contributed by atoms with Crippen LogP contribution >= 0.6 is 11.3 Å². The van der Waals surface area contributed by atoms with Crippen molar-refractivity contribution in [2.75, 3.05) is 37.7 Å². The van der Waals surface area contributed by atoms with Crippen LogP contribution in [0, 0.1) is 19.7 Å². The molecule has 0 radical (unpaired) electrons. The maximum absolute atomic E-state index is 13.4. The van der Waals surface area contributed by atoms with Crippen LogP contribution in [0.5, 0.6) is 0 Å². The molecule has 1 fully saturated rings. The molecule has 1 aromatic carbocycles. The number of aromatic nitrogens is 2. The molecular formula is C21H23FN4O2S. The molecule has 0 unspecified atom stereocenters. The number of piperazine rings is 1. The number of thiophene rings is 1. The largest absolute Gasteiger partial charge is 0.450 e. The molecule has 0 bridgehead atoms. The van der Waals surface area contributed by atoms with Gasteiger partial charge in [0.1, 0.15) is 22.3 Å². The van der Waals surface area contributed by atoms with E-state index < -0.39 is 0 Å². The monoisotopic (exact) mass is 414 g/mol. The first kappa shape index (κ1) is 19.6. The Bertz CT molecular complexity index is 1040. The van der Waals surface area contributed by atoms with E-state index in [-0.39, 0.29) is 11.9 Å². The fourth-order valence-electron chi connectivity index (χ4n) is 3.71. The predicted molar refractivity (Wildman–Crippen MR) is 113 cm³/mol. The van der Waals surface area contributed by atoms with Crippen molar-refractivity contribution in [2.45, 2.75) is 20.8 Å². The molecule has 0 saturated carbocycles. The van der Waals surface area contributed by atoms with Crippen molar-refractivity contribution in [1.29, 1.82) is 0 Å². The average Bonchev–Trinajstić information content (AvgIpc) is 3.04. The van der Waals surface area contributed by atoms with E-state index in [1.807, 2.05) is 13.8 Å². The molecule has 3 aromatic rings. The molecule has 8 heteroatoms. The third kappa shape index (κ3) is 3.76. The number of halogens is 1. The second kappa shape index (κ2) is 7.94. The van der Waals surface area contributed by atoms with Gasteiger partial charge in [0.05, 0.1) is 12.0 Å². The van der Waals surface area contributed by atoms with Gasteiger partial charge in [-0.15, -0.1) is 11.3 Å². The lowest BCUT2D eigenvalue weighted by molar-refractivity contribution is 0.105. The molecule has 3 heterocycles. The highest BCUT2D eigenvalue weighted by molar-refractivity contribution is 7.19. The number of hydrogen-bond acceptors (Lipinski definition) is 6. The van der Waals surface area contributed by atoms with E-state index in [0.29, 0.717) is 38.6 Å². The Morgan fingerprint density at radius 2 is 1.83 bits per heavy atom. The molecule has 152 valence electrons. The fraction of sp³-hybridized carbons (Fsp3) is 0.381. The van der Waals surface area contributed by atoms with E-state index in [0.717, 1.165) is 32.0 Å². The van der Waals surface area contributed by atoms with Crippen LogP contribution in [-0.4, -0.2) is 53.7 Å². The number of hydrogen-bond donors (Lipinski definition) is 0. The second-order valence-corrected chi connectivity index (χ2v) is 8.19. The topological polar surface area (TPSA) is 58.6 Å². The van der Waals surface area contributed by atoms with Gasteiger partial charge in [0.15, 0.2) is 0 Å². The number of rotatable bonds is 3. The Kier molecular flexibility index (Phi) is 5.36. The van der Waals surface area contributed by atoms with Gasteiger partial charge in [-0.1, -0.05) is 12.1 Å². The van der Waals surface area contributed by atoms with Crippen LogP contribution in [-0.2, 0) is 4.74 Å². The minimum atomic E-state index is -0.269. The lowest BCUT2D eigenvalue weighted by Gasteiger charge is -2.35. The SMILES string of the molecule is CCOC(=O)N1CCN(c2nc(C)nc3sc(C)c(-c4ccc(F)cc4)c23)CC1. The molecule has 2 aromatic heterocycles. The Morgan fingerprint density at radius 1 is 1.14 bits per heavy atom. The molecule has 29 heavy (non-hydrogen) atoms. The van der Waals surface area contributed by atoms with Gasteiger partial charge in [0.2, 0.25) is 0 Å². The third-order valence-electron chi connectivity index (χ3n) is 5.06. The van der Waals surface area contributed by atoms with Crippen molar-refractivity contribution >= 4 is 33.5 Å². The number of aryl methyl sites for hydroxylation is 2. The maximum atomic E-state index is 13.4. The van der Waals surface area contributed by atoms with Crippen LogP contribution in [0.3, 0.4) is 0 Å². The van der Waals surface area contributed by atoms with Crippen molar-refractivity contribution in [2.24, 2.45) is 0 Å². The molecular weight excluding hydrogens is 391 g/mol. The molecule has 0 spiro atoms. The lowest BCUT2D eigenvalue weighted by Crippen LogP contribution is -2.49. The highest BCUT2D eigenvalue weighted by Crippen LogP contribution is 2.42. The summed E-state index contributed by atoms with van der Waals surface area (Å²) in [5, 5.41) is 0.995. The summed E-state index contributed by atoms with van der Waals surface area (Å²) in [6.45, 7) is 8.64. The Hall–Kier alpha value is -2.74. The van der Waals surface area contributed by atoms with Gasteiger partial charge >= 0.3 is 6.09 Å². The highest BCUT2D eigenvalue weighted by Gasteiger charge is 2.26. The zero-order chi connectivity index (χ0) is 20.5. The molecule has 1 aliphatic heterocycles. The Labute approximate surface area is 172 Å². The standard InChI is InChI=1S/C21H23FN4O2S/c1-4-28-21(27)26-11-9-25(10-12-26)19-18-17(15-5-7-16(22)8-6-15)13(2)29-20(18)24-14(3)23-19/h5-8H,4,9-12H2,1-3H3. The van der Waals surface area contributed by atoms with E-state index in [4.69, 9.17) is 9.72 Å². The summed E-state index contributed by atoms with van der Waals surface area (Å²) in [4.78, 5) is 27.4.